The maximum absolute atomic E-state index is 10.4. The van der Waals surface area contributed by atoms with E-state index in [0.717, 1.165) is 66.7 Å². The molecule has 0 saturated carbocycles. The normalized spacial score (nSPS) is 11.3. The molecule has 0 unspecified atom stereocenters. The van der Waals surface area contributed by atoms with Gasteiger partial charge in [-0.05, 0) is 88.5 Å². The molecule has 0 radical (unpaired) electrons. The van der Waals surface area contributed by atoms with Crippen LogP contribution in [0.1, 0.15) is 11.1 Å². The first-order chi connectivity index (χ1) is 26.7. The Hall–Kier alpha value is -7.66. The van der Waals surface area contributed by atoms with Gasteiger partial charge in [0.05, 0.1) is 45.3 Å². The summed E-state index contributed by atoms with van der Waals surface area (Å²) in [4.78, 5) is 0. The van der Waals surface area contributed by atoms with E-state index in [-0.39, 0.29) is 0 Å². The minimum absolute atomic E-state index is 0.506. The first-order valence-electron chi connectivity index (χ1n) is 18.0. The molecule has 0 fully saturated rings. The highest BCUT2D eigenvalue weighted by Crippen LogP contribution is 2.46. The van der Waals surface area contributed by atoms with Crippen LogP contribution in [-0.4, -0.2) is 9.13 Å². The minimum Gasteiger partial charge on any atom is -0.309 e. The molecule has 0 aliphatic carbocycles. The number of hydrogen-bond acceptors (Lipinski definition) is 2. The summed E-state index contributed by atoms with van der Waals surface area (Å²) in [6.45, 7) is 0. The van der Waals surface area contributed by atoms with Crippen LogP contribution >= 0.6 is 0 Å². The Morgan fingerprint density at radius 2 is 0.963 bits per heavy atom. The van der Waals surface area contributed by atoms with Crippen LogP contribution in [0.4, 0.5) is 0 Å². The summed E-state index contributed by atoms with van der Waals surface area (Å²) in [7, 11) is 0. The maximum Gasteiger partial charge on any atom is 0.0998 e. The van der Waals surface area contributed by atoms with Crippen LogP contribution in [0.15, 0.2) is 182 Å². The Morgan fingerprint density at radius 1 is 0.389 bits per heavy atom. The predicted molar refractivity (Wildman–Crippen MR) is 221 cm³/mol. The summed E-state index contributed by atoms with van der Waals surface area (Å²) in [6, 6.07) is 67.7. The molecule has 0 atom stereocenters. The van der Waals surface area contributed by atoms with Crippen molar-refractivity contribution in [3.05, 3.63) is 193 Å². The molecule has 0 spiro atoms. The predicted octanol–water partition coefficient (Wildman–Crippen LogP) is 12.6. The molecule has 0 N–H and O–H groups in total. The zero-order chi connectivity index (χ0) is 36.2. The first-order valence-corrected chi connectivity index (χ1v) is 18.0. The molecular weight excluding hydrogens is 657 g/mol. The second-order valence-electron chi connectivity index (χ2n) is 13.5. The standard InChI is InChI=1S/C50H30N4/c51-31-33-24-25-36(32-52)42(28-33)48-43(34-14-4-1-5-15-34)29-38(30-44(48)35-16-6-2-7-17-35)53-46-23-13-11-21-41(46)49-47(53)27-26-40-39-20-10-12-22-45(39)54(50(40)49)37-18-8-3-9-19-37/h1-30H. The van der Waals surface area contributed by atoms with E-state index in [0.29, 0.717) is 11.1 Å². The highest BCUT2D eigenvalue weighted by molar-refractivity contribution is 6.26. The molecule has 0 bridgehead atoms. The zero-order valence-electron chi connectivity index (χ0n) is 29.1. The average molecular weight is 687 g/mol. The van der Waals surface area contributed by atoms with Crippen molar-refractivity contribution in [1.29, 1.82) is 10.5 Å². The van der Waals surface area contributed by atoms with Gasteiger partial charge in [0.2, 0.25) is 0 Å². The Kier molecular flexibility index (Phi) is 7.22. The van der Waals surface area contributed by atoms with Crippen LogP contribution in [0.25, 0.3) is 88.4 Å². The fourth-order valence-electron chi connectivity index (χ4n) is 8.29. The summed E-state index contributed by atoms with van der Waals surface area (Å²) in [5.41, 5.74) is 13.3. The van der Waals surface area contributed by atoms with Gasteiger partial charge in [-0.2, -0.15) is 10.5 Å². The molecule has 8 aromatic carbocycles. The third-order valence-electron chi connectivity index (χ3n) is 10.6. The Bertz CT molecular complexity index is 3100. The molecule has 4 nitrogen and oxygen atoms in total. The Labute approximate surface area is 312 Å². The highest BCUT2D eigenvalue weighted by atomic mass is 15.0. The molecule has 4 heteroatoms. The van der Waals surface area contributed by atoms with Gasteiger partial charge in [-0.25, -0.2) is 0 Å². The van der Waals surface area contributed by atoms with Crippen molar-refractivity contribution in [2.45, 2.75) is 0 Å². The van der Waals surface area contributed by atoms with Crippen LogP contribution in [0.5, 0.6) is 0 Å². The number of fused-ring (bicyclic) bond motifs is 7. The lowest BCUT2D eigenvalue weighted by Crippen LogP contribution is -2.00. The summed E-state index contributed by atoms with van der Waals surface area (Å²) in [6.07, 6.45) is 0. The van der Waals surface area contributed by atoms with Gasteiger partial charge in [-0.1, -0.05) is 121 Å². The molecule has 54 heavy (non-hydrogen) atoms. The molecule has 0 amide bonds. The van der Waals surface area contributed by atoms with E-state index in [4.69, 9.17) is 0 Å². The van der Waals surface area contributed by atoms with Crippen molar-refractivity contribution < 1.29 is 0 Å². The third-order valence-corrected chi connectivity index (χ3v) is 10.6. The molecule has 0 aliphatic heterocycles. The van der Waals surface area contributed by atoms with Crippen molar-refractivity contribution in [3.8, 4) is 56.9 Å². The fourth-order valence-corrected chi connectivity index (χ4v) is 8.29. The highest BCUT2D eigenvalue weighted by Gasteiger charge is 2.24. The molecular formula is C50H30N4. The van der Waals surface area contributed by atoms with E-state index in [9.17, 15) is 10.5 Å². The van der Waals surface area contributed by atoms with Crippen molar-refractivity contribution in [2.75, 3.05) is 0 Å². The quantitative estimate of drug-likeness (QED) is 0.181. The SMILES string of the molecule is N#Cc1ccc(C#N)c(-c2c(-c3ccccc3)cc(-n3c4ccccc4c4c3ccc3c5ccccc5n(-c5ccccc5)c34)cc2-c2ccccc2)c1. The third kappa shape index (κ3) is 4.76. The smallest absolute Gasteiger partial charge is 0.0998 e. The van der Waals surface area contributed by atoms with E-state index in [1.54, 1.807) is 12.1 Å². The van der Waals surface area contributed by atoms with E-state index in [1.165, 1.54) is 21.7 Å². The van der Waals surface area contributed by atoms with Gasteiger partial charge in [0.25, 0.3) is 0 Å². The van der Waals surface area contributed by atoms with Gasteiger partial charge in [0.15, 0.2) is 0 Å². The van der Waals surface area contributed by atoms with Crippen LogP contribution in [0, 0.1) is 22.7 Å². The van der Waals surface area contributed by atoms with Crippen LogP contribution in [0.3, 0.4) is 0 Å². The van der Waals surface area contributed by atoms with Gasteiger partial charge < -0.3 is 9.13 Å². The van der Waals surface area contributed by atoms with Crippen LogP contribution in [0.2, 0.25) is 0 Å². The number of rotatable bonds is 5. The average Bonchev–Trinajstić information content (AvgIpc) is 3.77. The lowest BCUT2D eigenvalue weighted by molar-refractivity contribution is 1.17. The molecule has 0 aliphatic rings. The summed E-state index contributed by atoms with van der Waals surface area (Å²) in [5.74, 6) is 0. The molecule has 2 heterocycles. The van der Waals surface area contributed by atoms with Crippen molar-refractivity contribution >= 4 is 43.6 Å². The number of para-hydroxylation sites is 3. The number of hydrogen-bond donors (Lipinski definition) is 0. The molecule has 10 aromatic rings. The van der Waals surface area contributed by atoms with Gasteiger partial charge in [-0.15, -0.1) is 0 Å². The fraction of sp³-hybridized carbons (Fsp3) is 0. The topological polar surface area (TPSA) is 57.4 Å². The number of benzene rings is 8. The Morgan fingerprint density at radius 3 is 1.59 bits per heavy atom. The van der Waals surface area contributed by atoms with Crippen molar-refractivity contribution in [1.82, 2.24) is 9.13 Å². The number of aromatic nitrogens is 2. The van der Waals surface area contributed by atoms with Gasteiger partial charge in [0.1, 0.15) is 0 Å². The van der Waals surface area contributed by atoms with E-state index in [2.05, 4.69) is 149 Å². The van der Waals surface area contributed by atoms with E-state index >= 15 is 0 Å². The summed E-state index contributed by atoms with van der Waals surface area (Å²) in [5, 5.41) is 25.2. The second kappa shape index (κ2) is 12.5. The van der Waals surface area contributed by atoms with Crippen molar-refractivity contribution in [2.24, 2.45) is 0 Å². The number of nitriles is 2. The summed E-state index contributed by atoms with van der Waals surface area (Å²) < 4.78 is 4.79. The second-order valence-corrected chi connectivity index (χ2v) is 13.5. The lowest BCUT2D eigenvalue weighted by atomic mass is 9.84. The molecule has 250 valence electrons. The van der Waals surface area contributed by atoms with Crippen molar-refractivity contribution in [3.63, 3.8) is 0 Å². The van der Waals surface area contributed by atoms with E-state index < -0.39 is 0 Å². The lowest BCUT2D eigenvalue weighted by Gasteiger charge is -2.21. The van der Waals surface area contributed by atoms with Gasteiger partial charge in [-0.3, -0.25) is 0 Å². The van der Waals surface area contributed by atoms with E-state index in [1.807, 2.05) is 42.5 Å². The van der Waals surface area contributed by atoms with Crippen LogP contribution in [-0.2, 0) is 0 Å². The zero-order valence-corrected chi connectivity index (χ0v) is 29.1. The maximum atomic E-state index is 10.4. The molecule has 10 rings (SSSR count). The first kappa shape index (κ1) is 31.1. The van der Waals surface area contributed by atoms with Gasteiger partial charge in [0, 0.05) is 38.5 Å². The monoisotopic (exact) mass is 686 g/mol. The molecule has 0 saturated heterocycles. The largest absolute Gasteiger partial charge is 0.309 e. The van der Waals surface area contributed by atoms with Crippen LogP contribution < -0.4 is 0 Å². The summed E-state index contributed by atoms with van der Waals surface area (Å²) >= 11 is 0. The Balaban J connectivity index is 1.38. The van der Waals surface area contributed by atoms with Gasteiger partial charge >= 0.3 is 0 Å². The number of nitrogens with zero attached hydrogens (tertiary/aromatic N) is 4. The minimum atomic E-state index is 0.506. The molecule has 2 aromatic heterocycles.